The zero-order chi connectivity index (χ0) is 18.5. The van der Waals surface area contributed by atoms with Crippen molar-refractivity contribution in [1.29, 1.82) is 0 Å². The first-order valence-electron chi connectivity index (χ1n) is 9.36. The molecule has 0 aliphatic heterocycles. The van der Waals surface area contributed by atoms with Crippen molar-refractivity contribution < 1.29 is 9.13 Å². The van der Waals surface area contributed by atoms with Crippen LogP contribution in [-0.2, 0) is 13.1 Å². The van der Waals surface area contributed by atoms with E-state index in [-0.39, 0.29) is 0 Å². The van der Waals surface area contributed by atoms with E-state index in [4.69, 9.17) is 0 Å². The van der Waals surface area contributed by atoms with Gasteiger partial charge in [-0.25, -0.2) is 0 Å². The van der Waals surface area contributed by atoms with Crippen LogP contribution < -0.4 is 9.13 Å². The van der Waals surface area contributed by atoms with Crippen molar-refractivity contribution in [2.45, 2.75) is 20.0 Å². The molecule has 0 N–H and O–H groups in total. The fourth-order valence-corrected chi connectivity index (χ4v) is 3.44. The SMILES string of the molecule is Cc1cccc[n+]1Cc1cccc(C[n+]2ccccc2-c2ccccc2)c1. The van der Waals surface area contributed by atoms with Crippen molar-refractivity contribution in [1.82, 2.24) is 0 Å². The Kier molecular flexibility index (Phi) is 5.06. The number of aryl methyl sites for hydroxylation is 1. The highest BCUT2D eigenvalue weighted by Gasteiger charge is 2.13. The molecular weight excluding hydrogens is 328 g/mol. The van der Waals surface area contributed by atoms with E-state index < -0.39 is 0 Å². The van der Waals surface area contributed by atoms with Crippen LogP contribution in [-0.4, -0.2) is 0 Å². The van der Waals surface area contributed by atoms with Crippen LogP contribution in [0.25, 0.3) is 11.3 Å². The Bertz CT molecular complexity index is 1040. The van der Waals surface area contributed by atoms with E-state index in [1.54, 1.807) is 0 Å². The van der Waals surface area contributed by atoms with Crippen molar-refractivity contribution in [3.8, 4) is 11.3 Å². The van der Waals surface area contributed by atoms with Crippen molar-refractivity contribution in [3.63, 3.8) is 0 Å². The predicted molar refractivity (Wildman–Crippen MR) is 108 cm³/mol. The molecule has 0 saturated carbocycles. The Morgan fingerprint density at radius 2 is 1.22 bits per heavy atom. The van der Waals surface area contributed by atoms with Crippen LogP contribution in [0, 0.1) is 6.92 Å². The van der Waals surface area contributed by atoms with E-state index in [1.807, 2.05) is 0 Å². The van der Waals surface area contributed by atoms with Crippen LogP contribution in [0.5, 0.6) is 0 Å². The van der Waals surface area contributed by atoms with Gasteiger partial charge in [0, 0.05) is 47.9 Å². The summed E-state index contributed by atoms with van der Waals surface area (Å²) in [6.45, 7) is 3.90. The number of benzene rings is 2. The number of rotatable bonds is 5. The molecule has 2 nitrogen and oxygen atoms in total. The van der Waals surface area contributed by atoms with E-state index >= 15 is 0 Å². The Morgan fingerprint density at radius 1 is 0.593 bits per heavy atom. The van der Waals surface area contributed by atoms with Crippen molar-refractivity contribution in [2.75, 3.05) is 0 Å². The first-order valence-corrected chi connectivity index (χ1v) is 9.36. The van der Waals surface area contributed by atoms with E-state index in [1.165, 1.54) is 28.1 Å². The number of hydrogen-bond donors (Lipinski definition) is 0. The zero-order valence-electron chi connectivity index (χ0n) is 15.6. The molecule has 2 aromatic heterocycles. The van der Waals surface area contributed by atoms with Gasteiger partial charge in [-0.3, -0.25) is 0 Å². The lowest BCUT2D eigenvalue weighted by atomic mass is 10.1. The Hall–Kier alpha value is -3.26. The van der Waals surface area contributed by atoms with Gasteiger partial charge in [-0.1, -0.05) is 42.5 Å². The molecule has 4 aromatic rings. The van der Waals surface area contributed by atoms with Crippen molar-refractivity contribution in [3.05, 3.63) is 120 Å². The molecule has 0 bridgehead atoms. The van der Waals surface area contributed by atoms with Gasteiger partial charge in [-0.15, -0.1) is 0 Å². The molecule has 0 fully saturated rings. The molecule has 0 saturated heterocycles. The maximum absolute atomic E-state index is 2.31. The standard InChI is InChI=1S/C25H24N2/c1-21-10-5-7-16-26(21)19-22-11-9-12-23(18-22)20-27-17-8-6-15-25(27)24-13-3-2-4-14-24/h2-18H,19-20H2,1H3/q+2. The lowest BCUT2D eigenvalue weighted by Gasteiger charge is -2.06. The monoisotopic (exact) mass is 352 g/mol. The maximum Gasteiger partial charge on any atom is 0.212 e. The third kappa shape index (κ3) is 4.12. The molecule has 0 spiro atoms. The highest BCUT2D eigenvalue weighted by molar-refractivity contribution is 5.55. The third-order valence-corrected chi connectivity index (χ3v) is 4.88. The van der Waals surface area contributed by atoms with Gasteiger partial charge < -0.3 is 0 Å². The van der Waals surface area contributed by atoms with Gasteiger partial charge in [0.25, 0.3) is 0 Å². The average Bonchev–Trinajstić information content (AvgIpc) is 2.71. The minimum absolute atomic E-state index is 0.858. The second-order valence-electron chi connectivity index (χ2n) is 6.87. The summed E-state index contributed by atoms with van der Waals surface area (Å²) >= 11 is 0. The normalized spacial score (nSPS) is 10.7. The minimum Gasteiger partial charge on any atom is -0.198 e. The molecule has 132 valence electrons. The largest absolute Gasteiger partial charge is 0.212 e. The summed E-state index contributed by atoms with van der Waals surface area (Å²) in [5, 5.41) is 0. The number of aromatic nitrogens is 2. The Balaban J connectivity index is 1.60. The summed E-state index contributed by atoms with van der Waals surface area (Å²) in [7, 11) is 0. The number of hydrogen-bond acceptors (Lipinski definition) is 0. The topological polar surface area (TPSA) is 7.76 Å². The lowest BCUT2D eigenvalue weighted by Crippen LogP contribution is -2.37. The van der Waals surface area contributed by atoms with E-state index in [9.17, 15) is 0 Å². The molecule has 0 unspecified atom stereocenters. The fraction of sp³-hybridized carbons (Fsp3) is 0.120. The summed E-state index contributed by atoms with van der Waals surface area (Å²) in [6, 6.07) is 32.2. The zero-order valence-corrected chi connectivity index (χ0v) is 15.6. The molecule has 0 aliphatic carbocycles. The van der Waals surface area contributed by atoms with E-state index in [0.717, 1.165) is 13.1 Å². The van der Waals surface area contributed by atoms with Gasteiger partial charge in [0.2, 0.25) is 5.69 Å². The summed E-state index contributed by atoms with van der Waals surface area (Å²) < 4.78 is 4.60. The van der Waals surface area contributed by atoms with Gasteiger partial charge >= 0.3 is 0 Å². The molecule has 2 heteroatoms. The highest BCUT2D eigenvalue weighted by atomic mass is 15.0. The molecule has 0 amide bonds. The molecular formula is C25H24N2+2. The number of pyridine rings is 2. The van der Waals surface area contributed by atoms with Gasteiger partial charge in [-0.2, -0.15) is 9.13 Å². The molecule has 4 rings (SSSR count). The van der Waals surface area contributed by atoms with E-state index in [2.05, 4.69) is 119 Å². The summed E-state index contributed by atoms with van der Waals surface area (Å²) in [5.41, 5.74) is 6.38. The smallest absolute Gasteiger partial charge is 0.198 e. The molecule has 0 aliphatic rings. The van der Waals surface area contributed by atoms with Crippen molar-refractivity contribution >= 4 is 0 Å². The van der Waals surface area contributed by atoms with Gasteiger partial charge in [-0.05, 0) is 24.3 Å². The Morgan fingerprint density at radius 3 is 1.96 bits per heavy atom. The molecule has 0 radical (unpaired) electrons. The van der Waals surface area contributed by atoms with Crippen LogP contribution in [0.1, 0.15) is 16.8 Å². The second-order valence-corrected chi connectivity index (χ2v) is 6.87. The molecule has 2 aromatic carbocycles. The second kappa shape index (κ2) is 7.96. The summed E-state index contributed by atoms with van der Waals surface area (Å²) in [5.74, 6) is 0. The maximum atomic E-state index is 2.31. The van der Waals surface area contributed by atoms with Gasteiger partial charge in [0.15, 0.2) is 31.2 Å². The fourth-order valence-electron chi connectivity index (χ4n) is 3.44. The van der Waals surface area contributed by atoms with Crippen molar-refractivity contribution in [2.24, 2.45) is 0 Å². The Labute approximate surface area is 161 Å². The molecule has 0 atom stereocenters. The minimum atomic E-state index is 0.858. The highest BCUT2D eigenvalue weighted by Crippen LogP contribution is 2.15. The van der Waals surface area contributed by atoms with Crippen LogP contribution in [0.4, 0.5) is 0 Å². The molecule has 2 heterocycles. The first kappa shape index (κ1) is 17.2. The number of nitrogens with zero attached hydrogens (tertiary/aromatic N) is 2. The van der Waals surface area contributed by atoms with Crippen LogP contribution in [0.15, 0.2) is 103 Å². The third-order valence-electron chi connectivity index (χ3n) is 4.88. The lowest BCUT2D eigenvalue weighted by molar-refractivity contribution is -0.694. The van der Waals surface area contributed by atoms with Gasteiger partial charge in [0.05, 0.1) is 0 Å². The predicted octanol–water partition coefficient (Wildman–Crippen LogP) is 4.33. The van der Waals surface area contributed by atoms with Crippen LogP contribution >= 0.6 is 0 Å². The van der Waals surface area contributed by atoms with Crippen LogP contribution in [0.2, 0.25) is 0 Å². The first-order chi connectivity index (χ1) is 13.3. The van der Waals surface area contributed by atoms with Gasteiger partial charge in [0.1, 0.15) is 0 Å². The van der Waals surface area contributed by atoms with E-state index in [0.29, 0.717) is 0 Å². The average molecular weight is 352 g/mol. The molecule has 27 heavy (non-hydrogen) atoms. The van der Waals surface area contributed by atoms with Crippen LogP contribution in [0.3, 0.4) is 0 Å². The quantitative estimate of drug-likeness (QED) is 0.472. The summed E-state index contributed by atoms with van der Waals surface area (Å²) in [4.78, 5) is 0. The summed E-state index contributed by atoms with van der Waals surface area (Å²) in [6.07, 6.45) is 4.30.